The number of nitrogens with one attached hydrogen (secondary N) is 2. The van der Waals surface area contributed by atoms with Crippen LogP contribution < -0.4 is 10.0 Å². The lowest BCUT2D eigenvalue weighted by Crippen LogP contribution is -2.34. The number of aromatic nitrogens is 1. The largest absolute Gasteiger partial charge is 0.380 e. The maximum Gasteiger partial charge on any atom is 0.242 e. The number of nitrogens with zero attached hydrogens (tertiary/aromatic N) is 1. The summed E-state index contributed by atoms with van der Waals surface area (Å²) in [5.74, 6) is 0. The number of ether oxygens (including phenoxy) is 1. The molecule has 2 heterocycles. The van der Waals surface area contributed by atoms with Gasteiger partial charge in [0, 0.05) is 44.2 Å². The van der Waals surface area contributed by atoms with E-state index >= 15 is 0 Å². The summed E-state index contributed by atoms with van der Waals surface area (Å²) in [4.78, 5) is 0.312. The molecule has 0 aromatic carbocycles. The first-order chi connectivity index (χ1) is 9.38. The van der Waals surface area contributed by atoms with Crippen molar-refractivity contribution < 1.29 is 13.2 Å². The van der Waals surface area contributed by atoms with Crippen LogP contribution in [0.25, 0.3) is 0 Å². The van der Waals surface area contributed by atoms with Gasteiger partial charge in [-0.2, -0.15) is 0 Å². The quantitative estimate of drug-likeness (QED) is 0.807. The molecule has 114 valence electrons. The van der Waals surface area contributed by atoms with E-state index in [4.69, 9.17) is 4.74 Å². The second kappa shape index (κ2) is 6.26. The van der Waals surface area contributed by atoms with Gasteiger partial charge in [0.25, 0.3) is 0 Å². The van der Waals surface area contributed by atoms with E-state index < -0.39 is 10.0 Å². The van der Waals surface area contributed by atoms with E-state index in [-0.39, 0.29) is 6.04 Å². The number of sulfonamides is 1. The van der Waals surface area contributed by atoms with E-state index in [0.717, 1.165) is 12.1 Å². The zero-order valence-corrected chi connectivity index (χ0v) is 13.0. The molecule has 1 fully saturated rings. The van der Waals surface area contributed by atoms with Gasteiger partial charge in [-0.25, -0.2) is 13.1 Å². The third kappa shape index (κ3) is 3.82. The summed E-state index contributed by atoms with van der Waals surface area (Å²) < 4.78 is 34.3. The van der Waals surface area contributed by atoms with Gasteiger partial charge in [-0.15, -0.1) is 0 Å². The highest BCUT2D eigenvalue weighted by Crippen LogP contribution is 2.15. The number of hydrogen-bond acceptors (Lipinski definition) is 4. The van der Waals surface area contributed by atoms with Crippen LogP contribution in [0.1, 0.15) is 26.0 Å². The molecule has 0 spiro atoms. The highest BCUT2D eigenvalue weighted by atomic mass is 32.2. The Morgan fingerprint density at radius 2 is 2.25 bits per heavy atom. The highest BCUT2D eigenvalue weighted by Gasteiger charge is 2.24. The summed E-state index contributed by atoms with van der Waals surface area (Å²) in [6.07, 6.45) is 2.38. The summed E-state index contributed by atoms with van der Waals surface area (Å²) in [6.45, 7) is 5.83. The topological polar surface area (TPSA) is 72.4 Å². The lowest BCUT2D eigenvalue weighted by atomic mass is 10.3. The molecule has 1 aliphatic heterocycles. The zero-order valence-electron chi connectivity index (χ0n) is 12.2. The van der Waals surface area contributed by atoms with Crippen LogP contribution in [0.5, 0.6) is 0 Å². The molecule has 2 N–H and O–H groups in total. The van der Waals surface area contributed by atoms with Crippen molar-refractivity contribution in [3.63, 3.8) is 0 Å². The predicted octanol–water partition coefficient (Wildman–Crippen LogP) is 0.590. The van der Waals surface area contributed by atoms with Crippen molar-refractivity contribution in [3.05, 3.63) is 18.0 Å². The normalized spacial score (nSPS) is 19.9. The van der Waals surface area contributed by atoms with E-state index in [1.54, 1.807) is 12.3 Å². The summed E-state index contributed by atoms with van der Waals surface area (Å²) in [6, 6.07) is 1.96. The molecule has 6 nitrogen and oxygen atoms in total. The van der Waals surface area contributed by atoms with Crippen molar-refractivity contribution in [2.24, 2.45) is 7.05 Å². The zero-order chi connectivity index (χ0) is 14.8. The molecule has 20 heavy (non-hydrogen) atoms. The van der Waals surface area contributed by atoms with Crippen molar-refractivity contribution in [3.8, 4) is 0 Å². The molecule has 1 saturated heterocycles. The van der Waals surface area contributed by atoms with Crippen LogP contribution in [0.4, 0.5) is 0 Å². The average Bonchev–Trinajstić information content (AvgIpc) is 2.96. The Morgan fingerprint density at radius 1 is 1.50 bits per heavy atom. The van der Waals surface area contributed by atoms with Gasteiger partial charge in [-0.1, -0.05) is 13.8 Å². The van der Waals surface area contributed by atoms with Gasteiger partial charge < -0.3 is 14.6 Å². The molecule has 1 atom stereocenters. The maximum atomic E-state index is 12.3. The second-order valence-corrected chi connectivity index (χ2v) is 7.21. The summed E-state index contributed by atoms with van der Waals surface area (Å²) in [5.41, 5.74) is 0.946. The van der Waals surface area contributed by atoms with E-state index in [1.165, 1.54) is 0 Å². The summed E-state index contributed by atoms with van der Waals surface area (Å²) >= 11 is 0. The molecular formula is C13H23N3O3S. The Bertz CT molecular complexity index is 545. The van der Waals surface area contributed by atoms with Crippen LogP contribution in [0.2, 0.25) is 0 Å². The average molecular weight is 301 g/mol. The van der Waals surface area contributed by atoms with Gasteiger partial charge >= 0.3 is 0 Å². The second-order valence-electron chi connectivity index (χ2n) is 5.50. The molecular weight excluding hydrogens is 278 g/mol. The SMILES string of the molecule is CC(C)NCc1cc(S(=O)(=O)NC2CCOC2)cn1C. The predicted molar refractivity (Wildman–Crippen MR) is 76.9 cm³/mol. The molecule has 0 aliphatic carbocycles. The van der Waals surface area contributed by atoms with E-state index in [0.29, 0.717) is 30.7 Å². The van der Waals surface area contributed by atoms with Gasteiger partial charge in [0.1, 0.15) is 0 Å². The lowest BCUT2D eigenvalue weighted by Gasteiger charge is -2.09. The first kappa shape index (κ1) is 15.5. The molecule has 2 rings (SSSR count). The van der Waals surface area contributed by atoms with Crippen molar-refractivity contribution in [1.82, 2.24) is 14.6 Å². The van der Waals surface area contributed by atoms with Crippen LogP contribution in [0.3, 0.4) is 0 Å². The fraction of sp³-hybridized carbons (Fsp3) is 0.692. The molecule has 0 saturated carbocycles. The molecule has 1 unspecified atom stereocenters. The monoisotopic (exact) mass is 301 g/mol. The molecule has 1 aliphatic rings. The van der Waals surface area contributed by atoms with Gasteiger partial charge in [0.05, 0.1) is 11.5 Å². The number of rotatable bonds is 6. The van der Waals surface area contributed by atoms with E-state index in [1.807, 2.05) is 11.6 Å². The third-order valence-electron chi connectivity index (χ3n) is 3.34. The van der Waals surface area contributed by atoms with Crippen LogP contribution in [-0.4, -0.2) is 38.3 Å². The van der Waals surface area contributed by atoms with Gasteiger partial charge in [-0.05, 0) is 12.5 Å². The van der Waals surface area contributed by atoms with Crippen molar-refractivity contribution in [2.45, 2.75) is 43.8 Å². The molecule has 1 aromatic rings. The first-order valence-corrected chi connectivity index (χ1v) is 8.35. The Morgan fingerprint density at radius 3 is 2.85 bits per heavy atom. The lowest BCUT2D eigenvalue weighted by molar-refractivity contribution is 0.192. The molecule has 0 radical (unpaired) electrons. The smallest absolute Gasteiger partial charge is 0.242 e. The van der Waals surface area contributed by atoms with Crippen LogP contribution in [-0.2, 0) is 28.4 Å². The van der Waals surface area contributed by atoms with Crippen molar-refractivity contribution in [1.29, 1.82) is 0 Å². The number of aryl methyl sites for hydroxylation is 1. The van der Waals surface area contributed by atoms with E-state index in [9.17, 15) is 8.42 Å². The molecule has 7 heteroatoms. The minimum absolute atomic E-state index is 0.113. The Balaban J connectivity index is 2.09. The van der Waals surface area contributed by atoms with Crippen LogP contribution in [0.15, 0.2) is 17.2 Å². The fourth-order valence-corrected chi connectivity index (χ4v) is 3.47. The number of hydrogen-bond donors (Lipinski definition) is 2. The molecule has 0 amide bonds. The Hall–Kier alpha value is -0.890. The maximum absolute atomic E-state index is 12.3. The third-order valence-corrected chi connectivity index (χ3v) is 4.82. The first-order valence-electron chi connectivity index (χ1n) is 6.87. The van der Waals surface area contributed by atoms with Gasteiger partial charge in [0.2, 0.25) is 10.0 Å². The minimum atomic E-state index is -3.46. The van der Waals surface area contributed by atoms with Crippen molar-refractivity contribution in [2.75, 3.05) is 13.2 Å². The van der Waals surface area contributed by atoms with Gasteiger partial charge in [0.15, 0.2) is 0 Å². The Kier molecular flexibility index (Phi) is 4.85. The molecule has 1 aromatic heterocycles. The minimum Gasteiger partial charge on any atom is -0.380 e. The highest BCUT2D eigenvalue weighted by molar-refractivity contribution is 7.89. The van der Waals surface area contributed by atoms with Crippen LogP contribution in [0, 0.1) is 0 Å². The van der Waals surface area contributed by atoms with Gasteiger partial charge in [-0.3, -0.25) is 0 Å². The standard InChI is InChI=1S/C13H23N3O3S/c1-10(2)14-7-12-6-13(8-16(12)3)20(17,18)15-11-4-5-19-9-11/h6,8,10-11,14-15H,4-5,7,9H2,1-3H3. The summed E-state index contributed by atoms with van der Waals surface area (Å²) in [7, 11) is -1.61. The van der Waals surface area contributed by atoms with Crippen molar-refractivity contribution >= 4 is 10.0 Å². The Labute approximate surface area is 120 Å². The fourth-order valence-electron chi connectivity index (χ4n) is 2.12. The molecule has 0 bridgehead atoms. The van der Waals surface area contributed by atoms with Crippen LogP contribution >= 0.6 is 0 Å². The van der Waals surface area contributed by atoms with E-state index in [2.05, 4.69) is 23.9 Å². The summed E-state index contributed by atoms with van der Waals surface area (Å²) in [5, 5.41) is 3.28.